The maximum absolute atomic E-state index is 12.8. The van der Waals surface area contributed by atoms with E-state index in [9.17, 15) is 4.79 Å². The Kier molecular flexibility index (Phi) is 3.92. The lowest BCUT2D eigenvalue weighted by molar-refractivity contribution is 0.102. The van der Waals surface area contributed by atoms with Crippen LogP contribution in [0.5, 0.6) is 5.88 Å². The van der Waals surface area contributed by atoms with Crippen molar-refractivity contribution < 1.29 is 9.53 Å². The second-order valence-electron chi connectivity index (χ2n) is 7.44. The number of hydrogen-bond donors (Lipinski definition) is 1. The molecular formula is C20H22N6O2. The number of carbonyl (C=O) groups excluding carboxylic acids is 1. The van der Waals surface area contributed by atoms with Gasteiger partial charge in [0.05, 0.1) is 30.7 Å². The summed E-state index contributed by atoms with van der Waals surface area (Å²) in [4.78, 5) is 21.9. The summed E-state index contributed by atoms with van der Waals surface area (Å²) in [6.07, 6.45) is 7.87. The van der Waals surface area contributed by atoms with Crippen LogP contribution in [-0.2, 0) is 6.42 Å². The highest BCUT2D eigenvalue weighted by Gasteiger charge is 2.28. The van der Waals surface area contributed by atoms with Gasteiger partial charge in [-0.1, -0.05) is 6.07 Å². The zero-order valence-electron chi connectivity index (χ0n) is 15.9. The minimum absolute atomic E-state index is 0.278. The Labute approximate surface area is 162 Å². The molecule has 8 heteroatoms. The molecule has 0 bridgehead atoms. The standard InChI is InChI=1S/C20H22N6O2/c1-12-6-9-18-21-10-16(26(12)18)15-4-3-5-17(22-15)23-19(27)14-11-25(13-7-8-13)24-20(14)28-2/h3-5,10-13H,6-9H2,1-2H3,(H,22,23,27)/t12-/m0/s1. The lowest BCUT2D eigenvalue weighted by Crippen LogP contribution is -2.13. The number of aromatic nitrogens is 5. The zero-order chi connectivity index (χ0) is 19.3. The molecule has 2 aliphatic rings. The predicted octanol–water partition coefficient (Wildman–Crippen LogP) is 3.24. The van der Waals surface area contributed by atoms with Gasteiger partial charge in [0.1, 0.15) is 17.2 Å². The first-order chi connectivity index (χ1) is 13.6. The van der Waals surface area contributed by atoms with Gasteiger partial charge in [-0.3, -0.25) is 9.48 Å². The van der Waals surface area contributed by atoms with Crippen molar-refractivity contribution in [1.82, 2.24) is 24.3 Å². The first-order valence-corrected chi connectivity index (χ1v) is 9.62. The van der Waals surface area contributed by atoms with Crippen molar-refractivity contribution >= 4 is 11.7 Å². The van der Waals surface area contributed by atoms with E-state index in [4.69, 9.17) is 4.74 Å². The summed E-state index contributed by atoms with van der Waals surface area (Å²) in [6.45, 7) is 2.19. The SMILES string of the molecule is COc1nn(C2CC2)cc1C(=O)Nc1cccc(-c2cnc3n2[C@@H](C)CC3)n1. The normalized spacial score (nSPS) is 18.1. The smallest absolute Gasteiger partial charge is 0.263 e. The summed E-state index contributed by atoms with van der Waals surface area (Å²) >= 11 is 0. The van der Waals surface area contributed by atoms with Gasteiger partial charge in [0.25, 0.3) is 5.91 Å². The predicted molar refractivity (Wildman–Crippen MR) is 103 cm³/mol. The van der Waals surface area contributed by atoms with E-state index >= 15 is 0 Å². The molecule has 3 aromatic heterocycles. The van der Waals surface area contributed by atoms with Gasteiger partial charge in [-0.05, 0) is 38.3 Å². The number of nitrogens with one attached hydrogen (secondary N) is 1. The van der Waals surface area contributed by atoms with E-state index in [1.165, 1.54) is 7.11 Å². The van der Waals surface area contributed by atoms with Crippen molar-refractivity contribution in [2.75, 3.05) is 12.4 Å². The van der Waals surface area contributed by atoms with E-state index in [0.717, 1.165) is 42.9 Å². The van der Waals surface area contributed by atoms with Gasteiger partial charge in [-0.25, -0.2) is 9.97 Å². The summed E-state index contributed by atoms with van der Waals surface area (Å²) in [5.41, 5.74) is 2.20. The van der Waals surface area contributed by atoms with Gasteiger partial charge in [0.2, 0.25) is 5.88 Å². The lowest BCUT2D eigenvalue weighted by Gasteiger charge is -2.12. The Bertz CT molecular complexity index is 1050. The molecule has 1 saturated carbocycles. The Morgan fingerprint density at radius 2 is 2.14 bits per heavy atom. The van der Waals surface area contributed by atoms with Crippen LogP contribution in [0.2, 0.25) is 0 Å². The lowest BCUT2D eigenvalue weighted by atomic mass is 10.2. The summed E-state index contributed by atoms with van der Waals surface area (Å²) in [5.74, 6) is 1.64. The van der Waals surface area contributed by atoms with Crippen LogP contribution < -0.4 is 10.1 Å². The third-order valence-electron chi connectivity index (χ3n) is 5.41. The van der Waals surface area contributed by atoms with Crippen molar-refractivity contribution in [2.24, 2.45) is 0 Å². The molecule has 0 aromatic carbocycles. The number of amides is 1. The summed E-state index contributed by atoms with van der Waals surface area (Å²) in [7, 11) is 1.52. The molecule has 0 unspecified atom stereocenters. The molecule has 1 atom stereocenters. The van der Waals surface area contributed by atoms with Crippen LogP contribution in [0.4, 0.5) is 5.82 Å². The van der Waals surface area contributed by atoms with Gasteiger partial charge >= 0.3 is 0 Å². The van der Waals surface area contributed by atoms with Crippen molar-refractivity contribution in [3.05, 3.63) is 42.0 Å². The van der Waals surface area contributed by atoms with E-state index < -0.39 is 0 Å². The van der Waals surface area contributed by atoms with Crippen molar-refractivity contribution in [2.45, 2.75) is 44.7 Å². The first kappa shape index (κ1) is 17.0. The Morgan fingerprint density at radius 3 is 2.93 bits per heavy atom. The number of hydrogen-bond acceptors (Lipinski definition) is 5. The Morgan fingerprint density at radius 1 is 1.29 bits per heavy atom. The molecular weight excluding hydrogens is 356 g/mol. The van der Waals surface area contributed by atoms with E-state index in [-0.39, 0.29) is 5.91 Å². The molecule has 1 aliphatic carbocycles. The number of carbonyl (C=O) groups is 1. The van der Waals surface area contributed by atoms with Crippen LogP contribution in [0.25, 0.3) is 11.4 Å². The summed E-state index contributed by atoms with van der Waals surface area (Å²) in [5, 5.41) is 7.23. The Balaban J connectivity index is 1.41. The molecule has 0 spiro atoms. The highest BCUT2D eigenvalue weighted by molar-refractivity contribution is 6.05. The van der Waals surface area contributed by atoms with Gasteiger partial charge in [-0.2, -0.15) is 0 Å². The van der Waals surface area contributed by atoms with Crippen molar-refractivity contribution in [3.63, 3.8) is 0 Å². The number of ether oxygens (including phenoxy) is 1. The minimum atomic E-state index is -0.278. The molecule has 3 aromatic rings. The largest absolute Gasteiger partial charge is 0.479 e. The molecule has 4 heterocycles. The molecule has 1 amide bonds. The topological polar surface area (TPSA) is 86.9 Å². The third-order valence-corrected chi connectivity index (χ3v) is 5.41. The van der Waals surface area contributed by atoms with Gasteiger partial charge in [0.15, 0.2) is 0 Å². The van der Waals surface area contributed by atoms with E-state index in [0.29, 0.717) is 29.3 Å². The highest BCUT2D eigenvalue weighted by Crippen LogP contribution is 2.36. The average Bonchev–Trinajstić information content (AvgIpc) is 3.15. The fourth-order valence-electron chi connectivity index (χ4n) is 3.77. The molecule has 1 aliphatic heterocycles. The van der Waals surface area contributed by atoms with E-state index in [1.54, 1.807) is 12.3 Å². The van der Waals surface area contributed by atoms with Crippen LogP contribution in [0.15, 0.2) is 30.6 Å². The monoisotopic (exact) mass is 378 g/mol. The van der Waals surface area contributed by atoms with E-state index in [2.05, 4.69) is 31.9 Å². The van der Waals surface area contributed by atoms with Crippen LogP contribution in [0.1, 0.15) is 54.5 Å². The molecule has 8 nitrogen and oxygen atoms in total. The van der Waals surface area contributed by atoms with Gasteiger partial charge < -0.3 is 14.6 Å². The maximum atomic E-state index is 12.8. The van der Waals surface area contributed by atoms with Crippen LogP contribution in [0, 0.1) is 0 Å². The number of imidazole rings is 1. The average molecular weight is 378 g/mol. The van der Waals surface area contributed by atoms with Crippen LogP contribution >= 0.6 is 0 Å². The quantitative estimate of drug-likeness (QED) is 0.736. The Hall–Kier alpha value is -3.16. The molecule has 1 fully saturated rings. The van der Waals surface area contributed by atoms with Crippen LogP contribution in [0.3, 0.4) is 0 Å². The minimum Gasteiger partial charge on any atom is -0.479 e. The molecule has 5 rings (SSSR count). The molecule has 0 radical (unpaired) electrons. The zero-order valence-corrected chi connectivity index (χ0v) is 15.9. The first-order valence-electron chi connectivity index (χ1n) is 9.62. The fraction of sp³-hybridized carbons (Fsp3) is 0.400. The number of pyridine rings is 1. The highest BCUT2D eigenvalue weighted by atomic mass is 16.5. The molecule has 1 N–H and O–H groups in total. The van der Waals surface area contributed by atoms with Crippen molar-refractivity contribution in [3.8, 4) is 17.3 Å². The van der Waals surface area contributed by atoms with Crippen molar-refractivity contribution in [1.29, 1.82) is 0 Å². The number of aryl methyl sites for hydroxylation is 1. The second-order valence-corrected chi connectivity index (χ2v) is 7.44. The number of anilines is 1. The number of nitrogens with zero attached hydrogens (tertiary/aromatic N) is 5. The third kappa shape index (κ3) is 2.85. The number of methoxy groups -OCH3 is 1. The number of fused-ring (bicyclic) bond motifs is 1. The molecule has 0 saturated heterocycles. The van der Waals surface area contributed by atoms with Gasteiger partial charge in [0, 0.05) is 18.7 Å². The molecule has 144 valence electrons. The fourth-order valence-corrected chi connectivity index (χ4v) is 3.77. The summed E-state index contributed by atoms with van der Waals surface area (Å²) in [6, 6.07) is 6.40. The van der Waals surface area contributed by atoms with Crippen LogP contribution in [-0.4, -0.2) is 37.3 Å². The maximum Gasteiger partial charge on any atom is 0.263 e. The molecule has 28 heavy (non-hydrogen) atoms. The number of rotatable bonds is 5. The van der Waals surface area contributed by atoms with Gasteiger partial charge in [-0.15, -0.1) is 5.10 Å². The second kappa shape index (κ2) is 6.47. The van der Waals surface area contributed by atoms with E-state index in [1.807, 2.05) is 23.0 Å². The summed E-state index contributed by atoms with van der Waals surface area (Å²) < 4.78 is 9.33.